The van der Waals surface area contributed by atoms with Gasteiger partial charge in [0, 0.05) is 16.5 Å². The zero-order chi connectivity index (χ0) is 13.8. The summed E-state index contributed by atoms with van der Waals surface area (Å²) in [4.78, 5) is 0. The monoisotopic (exact) mass is 294 g/mol. The quantitative estimate of drug-likeness (QED) is 0.856. The summed E-state index contributed by atoms with van der Waals surface area (Å²) in [6.07, 6.45) is 0.851. The molecule has 0 saturated heterocycles. The molecular weight excluding hydrogens is 279 g/mol. The second-order valence-electron chi connectivity index (χ2n) is 4.51. The molecule has 2 aromatic rings. The summed E-state index contributed by atoms with van der Waals surface area (Å²) in [6, 6.07) is 13.3. The van der Waals surface area contributed by atoms with Gasteiger partial charge >= 0.3 is 0 Å². The fourth-order valence-corrected chi connectivity index (χ4v) is 2.67. The molecule has 0 aliphatic heterocycles. The summed E-state index contributed by atoms with van der Waals surface area (Å²) in [5, 5.41) is 11.6. The highest BCUT2D eigenvalue weighted by Gasteiger charge is 2.13. The topological polar surface area (TPSA) is 20.2 Å². The maximum atomic E-state index is 10.4. The number of aliphatic hydroxyl groups excluding tert-OH is 1. The average Bonchev–Trinajstić information content (AvgIpc) is 2.41. The van der Waals surface area contributed by atoms with Crippen LogP contribution < -0.4 is 0 Å². The Balaban J connectivity index is 2.23. The zero-order valence-corrected chi connectivity index (χ0v) is 12.2. The van der Waals surface area contributed by atoms with Gasteiger partial charge in [-0.3, -0.25) is 0 Å². The second kappa shape index (κ2) is 6.42. The van der Waals surface area contributed by atoms with E-state index in [0.717, 1.165) is 17.5 Å². The van der Waals surface area contributed by atoms with Crippen LogP contribution in [0.25, 0.3) is 0 Å². The van der Waals surface area contributed by atoms with Crippen LogP contribution in [0.4, 0.5) is 0 Å². The molecule has 1 atom stereocenters. The normalized spacial score (nSPS) is 12.4. The van der Waals surface area contributed by atoms with Crippen LogP contribution in [0, 0.1) is 0 Å². The van der Waals surface area contributed by atoms with E-state index in [1.165, 1.54) is 5.56 Å². The van der Waals surface area contributed by atoms with Gasteiger partial charge in [-0.2, -0.15) is 0 Å². The predicted molar refractivity (Wildman–Crippen MR) is 80.9 cm³/mol. The van der Waals surface area contributed by atoms with Crippen LogP contribution in [0.2, 0.25) is 10.0 Å². The Labute approximate surface area is 123 Å². The Morgan fingerprint density at radius 3 is 2.47 bits per heavy atom. The van der Waals surface area contributed by atoms with Crippen molar-refractivity contribution in [2.24, 2.45) is 0 Å². The maximum Gasteiger partial charge on any atom is 0.0833 e. The van der Waals surface area contributed by atoms with Gasteiger partial charge in [-0.05, 0) is 35.2 Å². The van der Waals surface area contributed by atoms with Crippen LogP contribution >= 0.6 is 23.2 Å². The van der Waals surface area contributed by atoms with E-state index in [4.69, 9.17) is 23.2 Å². The van der Waals surface area contributed by atoms with Crippen molar-refractivity contribution in [3.8, 4) is 0 Å². The standard InChI is InChI=1S/C16H16Cl2O/c1-2-11-5-3-4-6-14(11)16(19)9-12-7-8-13(17)10-15(12)18/h3-8,10,16,19H,2,9H2,1H3. The number of hydrogen-bond donors (Lipinski definition) is 1. The Morgan fingerprint density at radius 1 is 1.05 bits per heavy atom. The van der Waals surface area contributed by atoms with Crippen molar-refractivity contribution < 1.29 is 5.11 Å². The largest absolute Gasteiger partial charge is 0.388 e. The second-order valence-corrected chi connectivity index (χ2v) is 5.35. The molecule has 0 aliphatic rings. The Hall–Kier alpha value is -1.02. The molecule has 3 heteroatoms. The first-order valence-corrected chi connectivity index (χ1v) is 7.07. The summed E-state index contributed by atoms with van der Waals surface area (Å²) in [5.41, 5.74) is 3.04. The molecule has 0 heterocycles. The summed E-state index contributed by atoms with van der Waals surface area (Å²) in [6.45, 7) is 2.08. The first-order chi connectivity index (χ1) is 9.11. The van der Waals surface area contributed by atoms with Crippen LogP contribution in [0.15, 0.2) is 42.5 Å². The van der Waals surface area contributed by atoms with Crippen molar-refractivity contribution in [3.63, 3.8) is 0 Å². The van der Waals surface area contributed by atoms with Gasteiger partial charge in [-0.15, -0.1) is 0 Å². The first kappa shape index (κ1) is 14.4. The van der Waals surface area contributed by atoms with Gasteiger partial charge in [-0.1, -0.05) is 60.5 Å². The minimum atomic E-state index is -0.546. The van der Waals surface area contributed by atoms with Gasteiger partial charge in [0.05, 0.1) is 6.10 Å². The van der Waals surface area contributed by atoms with Crippen molar-refractivity contribution in [1.29, 1.82) is 0 Å². The highest BCUT2D eigenvalue weighted by atomic mass is 35.5. The average molecular weight is 295 g/mol. The zero-order valence-electron chi connectivity index (χ0n) is 10.7. The number of halogens is 2. The third-order valence-electron chi connectivity index (χ3n) is 3.22. The molecule has 0 amide bonds. The number of rotatable bonds is 4. The van der Waals surface area contributed by atoms with Crippen molar-refractivity contribution in [2.45, 2.75) is 25.9 Å². The van der Waals surface area contributed by atoms with Gasteiger partial charge in [0.15, 0.2) is 0 Å². The molecular formula is C16H16Cl2O. The minimum Gasteiger partial charge on any atom is -0.388 e. The Bertz CT molecular complexity index is 566. The van der Waals surface area contributed by atoms with Crippen molar-refractivity contribution in [3.05, 3.63) is 69.2 Å². The van der Waals surface area contributed by atoms with E-state index in [9.17, 15) is 5.11 Å². The molecule has 1 nitrogen and oxygen atoms in total. The summed E-state index contributed by atoms with van der Waals surface area (Å²) >= 11 is 12.0. The molecule has 2 aromatic carbocycles. The molecule has 0 bridgehead atoms. The molecule has 2 rings (SSSR count). The molecule has 1 unspecified atom stereocenters. The van der Waals surface area contributed by atoms with Gasteiger partial charge in [0.2, 0.25) is 0 Å². The van der Waals surface area contributed by atoms with E-state index in [-0.39, 0.29) is 0 Å². The van der Waals surface area contributed by atoms with Crippen LogP contribution in [-0.2, 0) is 12.8 Å². The lowest BCUT2D eigenvalue weighted by molar-refractivity contribution is 0.177. The van der Waals surface area contributed by atoms with E-state index >= 15 is 0 Å². The summed E-state index contributed by atoms with van der Waals surface area (Å²) < 4.78 is 0. The molecule has 0 saturated carbocycles. The molecule has 19 heavy (non-hydrogen) atoms. The van der Waals surface area contributed by atoms with E-state index < -0.39 is 6.10 Å². The molecule has 1 N–H and O–H groups in total. The fourth-order valence-electron chi connectivity index (χ4n) is 2.19. The smallest absolute Gasteiger partial charge is 0.0833 e. The van der Waals surface area contributed by atoms with Crippen molar-refractivity contribution in [1.82, 2.24) is 0 Å². The SMILES string of the molecule is CCc1ccccc1C(O)Cc1ccc(Cl)cc1Cl. The van der Waals surface area contributed by atoms with Gasteiger partial charge in [0.1, 0.15) is 0 Å². The minimum absolute atomic E-state index is 0.493. The fraction of sp³-hybridized carbons (Fsp3) is 0.250. The Kier molecular flexibility index (Phi) is 4.87. The number of hydrogen-bond acceptors (Lipinski definition) is 1. The molecule has 0 fully saturated rings. The van der Waals surface area contributed by atoms with Crippen LogP contribution in [-0.4, -0.2) is 5.11 Å². The van der Waals surface area contributed by atoms with Crippen LogP contribution in [0.1, 0.15) is 29.7 Å². The van der Waals surface area contributed by atoms with Gasteiger partial charge in [-0.25, -0.2) is 0 Å². The van der Waals surface area contributed by atoms with E-state index in [2.05, 4.69) is 6.92 Å². The predicted octanol–water partition coefficient (Wildman–Crippen LogP) is 4.83. The molecule has 0 radical (unpaired) electrons. The molecule has 100 valence electrons. The van der Waals surface area contributed by atoms with Crippen molar-refractivity contribution >= 4 is 23.2 Å². The summed E-state index contributed by atoms with van der Waals surface area (Å²) in [7, 11) is 0. The van der Waals surface area contributed by atoms with Gasteiger partial charge < -0.3 is 5.11 Å². The van der Waals surface area contributed by atoms with E-state index in [1.54, 1.807) is 12.1 Å². The lowest BCUT2D eigenvalue weighted by atomic mass is 9.96. The highest BCUT2D eigenvalue weighted by Crippen LogP contribution is 2.27. The van der Waals surface area contributed by atoms with Crippen molar-refractivity contribution in [2.75, 3.05) is 0 Å². The highest BCUT2D eigenvalue weighted by molar-refractivity contribution is 6.35. The molecule has 0 aliphatic carbocycles. The lowest BCUT2D eigenvalue weighted by Crippen LogP contribution is -2.05. The molecule has 0 aromatic heterocycles. The lowest BCUT2D eigenvalue weighted by Gasteiger charge is -2.15. The van der Waals surface area contributed by atoms with E-state index in [0.29, 0.717) is 16.5 Å². The Morgan fingerprint density at radius 2 is 1.79 bits per heavy atom. The van der Waals surface area contributed by atoms with Gasteiger partial charge in [0.25, 0.3) is 0 Å². The number of aliphatic hydroxyl groups is 1. The van der Waals surface area contributed by atoms with E-state index in [1.807, 2.05) is 30.3 Å². The summed E-state index contributed by atoms with van der Waals surface area (Å²) in [5.74, 6) is 0. The molecule has 0 spiro atoms. The first-order valence-electron chi connectivity index (χ1n) is 6.31. The maximum absolute atomic E-state index is 10.4. The third kappa shape index (κ3) is 3.50. The number of aryl methyl sites for hydroxylation is 1. The van der Waals surface area contributed by atoms with Crippen LogP contribution in [0.3, 0.4) is 0 Å². The van der Waals surface area contributed by atoms with Crippen LogP contribution in [0.5, 0.6) is 0 Å². The third-order valence-corrected chi connectivity index (χ3v) is 3.81. The number of benzene rings is 2.